The fraction of sp³-hybridized carbons (Fsp3) is 0.486. The third-order valence-electron chi connectivity index (χ3n) is 9.11. The summed E-state index contributed by atoms with van der Waals surface area (Å²) in [5, 5.41) is 3.87. The second-order valence-corrected chi connectivity index (χ2v) is 12.1. The average molecular weight is 557 g/mol. The molecule has 2 saturated carbocycles. The topological polar surface area (TPSA) is 67.9 Å². The lowest BCUT2D eigenvalue weighted by molar-refractivity contribution is -0.137. The molecule has 3 fully saturated rings. The van der Waals surface area contributed by atoms with Crippen LogP contribution in [0.5, 0.6) is 5.75 Å². The molecular formula is C35H44N2O4. The second kappa shape index (κ2) is 12.6. The number of hydrogen-bond acceptors (Lipinski definition) is 5. The van der Waals surface area contributed by atoms with E-state index in [4.69, 9.17) is 9.47 Å². The van der Waals surface area contributed by atoms with E-state index in [1.807, 2.05) is 48.5 Å². The van der Waals surface area contributed by atoms with Crippen molar-refractivity contribution < 1.29 is 19.1 Å². The van der Waals surface area contributed by atoms with Crippen LogP contribution in [0.25, 0.3) is 0 Å². The van der Waals surface area contributed by atoms with Gasteiger partial charge in [-0.05, 0) is 92.5 Å². The van der Waals surface area contributed by atoms with E-state index < -0.39 is 6.04 Å². The van der Waals surface area contributed by atoms with Gasteiger partial charge in [-0.1, -0.05) is 68.5 Å². The Hall–Kier alpha value is -3.38. The van der Waals surface area contributed by atoms with Crippen molar-refractivity contribution in [2.45, 2.75) is 90.1 Å². The normalized spacial score (nSPS) is 25.9. The van der Waals surface area contributed by atoms with Crippen molar-refractivity contribution in [2.75, 3.05) is 7.11 Å². The van der Waals surface area contributed by atoms with E-state index in [0.717, 1.165) is 61.8 Å². The van der Waals surface area contributed by atoms with Crippen molar-refractivity contribution in [1.82, 2.24) is 10.2 Å². The van der Waals surface area contributed by atoms with Crippen molar-refractivity contribution in [3.05, 3.63) is 89.0 Å². The van der Waals surface area contributed by atoms with E-state index in [-0.39, 0.29) is 23.6 Å². The molecule has 6 nitrogen and oxygen atoms in total. The van der Waals surface area contributed by atoms with E-state index in [1.54, 1.807) is 6.92 Å². The molecule has 0 aromatic heterocycles. The molecule has 1 N–H and O–H groups in total. The van der Waals surface area contributed by atoms with Crippen molar-refractivity contribution in [2.24, 2.45) is 11.8 Å². The van der Waals surface area contributed by atoms with Gasteiger partial charge in [0.2, 0.25) is 5.91 Å². The molecule has 2 aliphatic carbocycles. The van der Waals surface area contributed by atoms with E-state index >= 15 is 0 Å². The predicted octanol–water partition coefficient (Wildman–Crippen LogP) is 6.88. The number of hydrogen-bond donors (Lipinski definition) is 1. The maximum absolute atomic E-state index is 14.5. The van der Waals surface area contributed by atoms with E-state index in [0.29, 0.717) is 24.0 Å². The van der Waals surface area contributed by atoms with Gasteiger partial charge in [-0.25, -0.2) is 4.79 Å². The summed E-state index contributed by atoms with van der Waals surface area (Å²) in [5.74, 6) is 1.73. The van der Waals surface area contributed by atoms with Gasteiger partial charge in [-0.2, -0.15) is 0 Å². The van der Waals surface area contributed by atoms with Gasteiger partial charge in [0.1, 0.15) is 18.4 Å². The van der Waals surface area contributed by atoms with Crippen LogP contribution in [0.3, 0.4) is 0 Å². The van der Waals surface area contributed by atoms with Crippen molar-refractivity contribution in [1.29, 1.82) is 0 Å². The third kappa shape index (κ3) is 6.43. The molecular weight excluding hydrogens is 512 g/mol. The lowest BCUT2D eigenvalue weighted by atomic mass is 9.80. The average Bonchev–Trinajstić information content (AvgIpc) is 3.81. The second-order valence-electron chi connectivity index (χ2n) is 12.1. The van der Waals surface area contributed by atoms with Crippen molar-refractivity contribution in [3.8, 4) is 5.75 Å². The van der Waals surface area contributed by atoms with Gasteiger partial charge in [0.25, 0.3) is 0 Å². The number of nitrogens with zero attached hydrogens (tertiary/aromatic N) is 1. The van der Waals surface area contributed by atoms with Crippen LogP contribution in [-0.4, -0.2) is 35.6 Å². The highest BCUT2D eigenvalue weighted by molar-refractivity contribution is 5.88. The van der Waals surface area contributed by atoms with Gasteiger partial charge in [0, 0.05) is 5.57 Å². The number of rotatable bonds is 10. The maximum atomic E-state index is 14.5. The minimum atomic E-state index is -0.390. The summed E-state index contributed by atoms with van der Waals surface area (Å²) in [6.45, 7) is 6.75. The van der Waals surface area contributed by atoms with Crippen molar-refractivity contribution in [3.63, 3.8) is 0 Å². The SMILES string of the molecule is CC/C(=C\C=C(/C)C(=O)OC)C(C1CC1)N1C(=O)C(c2ccc(OCc3ccccc3)cc2)NC12CCC(C)CC2. The molecule has 3 aliphatic rings. The van der Waals surface area contributed by atoms with Crippen LogP contribution in [0.4, 0.5) is 0 Å². The number of amides is 1. The molecule has 218 valence electrons. The molecule has 2 aromatic carbocycles. The number of methoxy groups -OCH3 is 1. The summed E-state index contributed by atoms with van der Waals surface area (Å²) in [6.07, 6.45) is 11.1. The number of carbonyl (C=O) groups excluding carboxylic acids is 2. The molecule has 1 saturated heterocycles. The molecule has 1 spiro atoms. The Morgan fingerprint density at radius 1 is 1.05 bits per heavy atom. The quantitative estimate of drug-likeness (QED) is 0.196. The van der Waals surface area contributed by atoms with Crippen LogP contribution in [0.15, 0.2) is 77.9 Å². The van der Waals surface area contributed by atoms with Crippen LogP contribution in [0, 0.1) is 11.8 Å². The lowest BCUT2D eigenvalue weighted by Gasteiger charge is -2.47. The number of allylic oxidation sites excluding steroid dienone is 2. The fourth-order valence-corrected chi connectivity index (χ4v) is 6.48. The van der Waals surface area contributed by atoms with Crippen molar-refractivity contribution >= 4 is 11.9 Å². The Kier molecular flexibility index (Phi) is 8.98. The molecule has 6 heteroatoms. The molecule has 1 amide bonds. The number of carbonyl (C=O) groups is 2. The van der Waals surface area contributed by atoms with E-state index in [2.05, 4.69) is 42.3 Å². The first-order valence-electron chi connectivity index (χ1n) is 15.2. The summed E-state index contributed by atoms with van der Waals surface area (Å²) in [5.41, 5.74) is 3.50. The van der Waals surface area contributed by atoms with Crippen LogP contribution < -0.4 is 10.1 Å². The van der Waals surface area contributed by atoms with Gasteiger partial charge in [-0.15, -0.1) is 0 Å². The Labute approximate surface area is 244 Å². The molecule has 1 heterocycles. The maximum Gasteiger partial charge on any atom is 0.333 e. The van der Waals surface area contributed by atoms with Crippen LogP contribution in [-0.2, 0) is 20.9 Å². The highest BCUT2D eigenvalue weighted by atomic mass is 16.5. The molecule has 5 rings (SSSR count). The van der Waals surface area contributed by atoms with Crippen LogP contribution in [0.1, 0.15) is 82.9 Å². The molecule has 1 aliphatic heterocycles. The first-order chi connectivity index (χ1) is 19.8. The highest BCUT2D eigenvalue weighted by Crippen LogP contribution is 2.49. The number of benzene rings is 2. The fourth-order valence-electron chi connectivity index (χ4n) is 6.48. The van der Waals surface area contributed by atoms with Gasteiger partial charge in [0.15, 0.2) is 0 Å². The third-order valence-corrected chi connectivity index (χ3v) is 9.11. The molecule has 2 unspecified atom stereocenters. The summed E-state index contributed by atoms with van der Waals surface area (Å²) in [4.78, 5) is 28.7. The Balaban J connectivity index is 1.43. The number of ether oxygens (including phenoxy) is 2. The van der Waals surface area contributed by atoms with E-state index in [1.165, 1.54) is 12.7 Å². The highest BCUT2D eigenvalue weighted by Gasteiger charge is 2.56. The molecule has 2 atom stereocenters. The zero-order chi connectivity index (χ0) is 29.0. The zero-order valence-electron chi connectivity index (χ0n) is 24.9. The largest absolute Gasteiger partial charge is 0.489 e. The van der Waals surface area contributed by atoms with Gasteiger partial charge >= 0.3 is 5.97 Å². The predicted molar refractivity (Wildman–Crippen MR) is 161 cm³/mol. The molecule has 2 aromatic rings. The molecule has 41 heavy (non-hydrogen) atoms. The summed E-state index contributed by atoms with van der Waals surface area (Å²) < 4.78 is 10.9. The standard InChI is InChI=1S/C35H44N2O4/c1-5-27(12-11-25(3)34(39)40-4)32(29-13-14-29)37-33(38)31(36-35(37)21-19-24(2)20-22-35)28-15-17-30(18-16-28)41-23-26-9-7-6-8-10-26/h6-12,15-18,24,29,31-32,36H,5,13-14,19-23H2,1-4H3/b25-11+,27-12+. The van der Waals surface area contributed by atoms with Gasteiger partial charge in [-0.3, -0.25) is 10.1 Å². The lowest BCUT2D eigenvalue weighted by Crippen LogP contribution is -2.58. The van der Waals surface area contributed by atoms with Crippen LogP contribution in [0.2, 0.25) is 0 Å². The Bertz CT molecular complexity index is 1270. The monoisotopic (exact) mass is 556 g/mol. The smallest absolute Gasteiger partial charge is 0.333 e. The van der Waals surface area contributed by atoms with Crippen LogP contribution >= 0.6 is 0 Å². The molecule has 0 radical (unpaired) electrons. The first kappa shape index (κ1) is 29.1. The number of nitrogens with one attached hydrogen (secondary N) is 1. The summed E-state index contributed by atoms with van der Waals surface area (Å²) >= 11 is 0. The minimum Gasteiger partial charge on any atom is -0.489 e. The minimum absolute atomic E-state index is 0.0218. The summed E-state index contributed by atoms with van der Waals surface area (Å²) in [7, 11) is 1.40. The van der Waals surface area contributed by atoms with E-state index in [9.17, 15) is 9.59 Å². The van der Waals surface area contributed by atoms with Gasteiger partial charge in [0.05, 0.1) is 18.8 Å². The summed E-state index contributed by atoms with van der Waals surface area (Å²) in [6, 6.07) is 17.8. The first-order valence-corrected chi connectivity index (χ1v) is 15.2. The van der Waals surface area contributed by atoms with Gasteiger partial charge < -0.3 is 14.4 Å². The number of esters is 1. The Morgan fingerprint density at radius 3 is 2.34 bits per heavy atom. The molecule has 0 bridgehead atoms. The zero-order valence-corrected chi connectivity index (χ0v) is 24.9. The Morgan fingerprint density at radius 2 is 1.73 bits per heavy atom.